The summed E-state index contributed by atoms with van der Waals surface area (Å²) in [6, 6.07) is 12.7. The van der Waals surface area contributed by atoms with Gasteiger partial charge in [-0.25, -0.2) is 19.6 Å². The number of piperidine rings is 2. The van der Waals surface area contributed by atoms with Gasteiger partial charge in [0, 0.05) is 35.3 Å². The van der Waals surface area contributed by atoms with E-state index in [-0.39, 0.29) is 36.4 Å². The Morgan fingerprint density at radius 3 is 2.12 bits per heavy atom. The molecule has 5 aliphatic rings. The minimum Gasteiger partial charge on any atom is -0.444 e. The van der Waals surface area contributed by atoms with Gasteiger partial charge in [-0.2, -0.15) is 0 Å². The number of benzene rings is 2. The van der Waals surface area contributed by atoms with Crippen molar-refractivity contribution in [2.24, 2.45) is 16.8 Å². The van der Waals surface area contributed by atoms with E-state index in [0.29, 0.717) is 18.3 Å². The highest BCUT2D eigenvalue weighted by Gasteiger charge is 2.57. The van der Waals surface area contributed by atoms with Gasteiger partial charge in [-0.3, -0.25) is 19.8 Å². The lowest BCUT2D eigenvalue weighted by Gasteiger charge is -2.30. The first-order valence-electron chi connectivity index (χ1n) is 17.8. The maximum Gasteiger partial charge on any atom is 0.411 e. The molecule has 0 bridgehead atoms. The Hall–Kier alpha value is -4.80. The molecule has 0 radical (unpaired) electrons. The normalized spacial score (nSPS) is 26.4. The Morgan fingerprint density at radius 2 is 1.42 bits per heavy atom. The third-order valence-electron chi connectivity index (χ3n) is 10.6. The fourth-order valence-electron chi connectivity index (χ4n) is 8.16. The van der Waals surface area contributed by atoms with Crippen LogP contribution < -0.4 is 0 Å². The molecule has 258 valence electrons. The first-order chi connectivity index (χ1) is 23.8. The predicted octanol–water partition coefficient (Wildman–Crippen LogP) is 7.78. The molecule has 11 nitrogen and oxygen atoms in total. The van der Waals surface area contributed by atoms with Gasteiger partial charge in [0.05, 0.1) is 52.6 Å². The van der Waals surface area contributed by atoms with Crippen molar-refractivity contribution in [3.05, 3.63) is 60.2 Å². The Balaban J connectivity index is 0.907. The summed E-state index contributed by atoms with van der Waals surface area (Å²) in [5.41, 5.74) is 7.25. The highest BCUT2D eigenvalue weighted by Crippen LogP contribution is 2.54. The van der Waals surface area contributed by atoms with Crippen molar-refractivity contribution < 1.29 is 19.1 Å². The zero-order valence-corrected chi connectivity index (χ0v) is 29.4. The Bertz CT molecular complexity index is 2090. The second-order valence-electron chi connectivity index (χ2n) is 16.7. The van der Waals surface area contributed by atoms with Crippen LogP contribution >= 0.6 is 0 Å². The number of ether oxygens (including phenoxy) is 2. The summed E-state index contributed by atoms with van der Waals surface area (Å²) in [5, 5.41) is 0. The molecule has 2 saturated carbocycles. The Morgan fingerprint density at radius 1 is 0.760 bits per heavy atom. The van der Waals surface area contributed by atoms with Crippen LogP contribution in [0.5, 0.6) is 0 Å². The highest BCUT2D eigenvalue weighted by atomic mass is 16.6. The van der Waals surface area contributed by atoms with Gasteiger partial charge in [0.1, 0.15) is 17.0 Å². The first kappa shape index (κ1) is 31.2. The summed E-state index contributed by atoms with van der Waals surface area (Å²) in [5.74, 6) is 1.84. The number of hydrogen-bond donors (Lipinski definition) is 1. The van der Waals surface area contributed by atoms with Crippen molar-refractivity contribution in [1.82, 2.24) is 29.7 Å². The molecule has 11 heteroatoms. The first-order valence-corrected chi connectivity index (χ1v) is 17.8. The van der Waals surface area contributed by atoms with Gasteiger partial charge < -0.3 is 14.5 Å². The molecule has 4 fully saturated rings. The van der Waals surface area contributed by atoms with E-state index in [2.05, 4.69) is 11.1 Å². The van der Waals surface area contributed by atoms with Gasteiger partial charge in [0.25, 0.3) is 0 Å². The topological polar surface area (TPSA) is 126 Å². The number of nitrogens with zero attached hydrogens (tertiary/aromatic N) is 6. The fourth-order valence-corrected chi connectivity index (χ4v) is 8.16. The number of imidazole rings is 1. The third-order valence-corrected chi connectivity index (χ3v) is 10.6. The molecule has 0 unspecified atom stereocenters. The number of hydrogen-bond acceptors (Lipinski definition) is 8. The average Bonchev–Trinajstić information content (AvgIpc) is 3.67. The Kier molecular flexibility index (Phi) is 6.77. The van der Waals surface area contributed by atoms with E-state index in [0.717, 1.165) is 82.0 Å². The number of aromatic amines is 1. The number of likely N-dealkylation sites (tertiary alicyclic amines) is 2. The summed E-state index contributed by atoms with van der Waals surface area (Å²) < 4.78 is 11.5. The van der Waals surface area contributed by atoms with Crippen molar-refractivity contribution in [3.8, 4) is 22.5 Å². The lowest BCUT2D eigenvalue weighted by Crippen LogP contribution is -2.45. The van der Waals surface area contributed by atoms with Crippen LogP contribution in [0.1, 0.15) is 84.7 Å². The third kappa shape index (κ3) is 5.60. The fraction of sp³-hybridized carbons (Fsp3) is 0.487. The maximum absolute atomic E-state index is 13.1. The maximum atomic E-state index is 13.1. The molecular weight excluding hydrogens is 630 g/mol. The molecule has 0 spiro atoms. The molecule has 2 amide bonds. The van der Waals surface area contributed by atoms with E-state index < -0.39 is 11.2 Å². The zero-order chi connectivity index (χ0) is 34.7. The minimum absolute atomic E-state index is 0.0160. The number of nitrogens with one attached hydrogen (secondary N) is 1. The lowest BCUT2D eigenvalue weighted by molar-refractivity contribution is 0.0173. The summed E-state index contributed by atoms with van der Waals surface area (Å²) in [6.07, 6.45) is 7.79. The number of aromatic nitrogens is 4. The molecule has 2 aromatic heterocycles. The number of aliphatic imine (C=N–C) groups is 1. The molecule has 4 aromatic rings. The SMILES string of the molecule is CC(C)(C)OC(=O)N1[C@@H]2C[C@@H]2C[C@H]1C1=Nc2ccc(-c3cnc4cc(-c5cnc([C@@H]6C[C@H]7C[C@H]7N6C(=O)OC(C)(C)C)[nH]5)ccc4n3)cc2C1. The van der Waals surface area contributed by atoms with Crippen LogP contribution in [-0.2, 0) is 15.9 Å². The summed E-state index contributed by atoms with van der Waals surface area (Å²) in [6.45, 7) is 11.4. The predicted molar refractivity (Wildman–Crippen MR) is 189 cm³/mol. The lowest BCUT2D eigenvalue weighted by atomic mass is 9.99. The quantitative estimate of drug-likeness (QED) is 0.234. The van der Waals surface area contributed by atoms with E-state index in [1.807, 2.05) is 94.1 Å². The molecule has 2 aromatic carbocycles. The number of fused-ring (bicyclic) bond motifs is 4. The van der Waals surface area contributed by atoms with Crippen molar-refractivity contribution in [2.45, 2.75) is 109 Å². The number of rotatable bonds is 4. The summed E-state index contributed by atoms with van der Waals surface area (Å²) >= 11 is 0. The molecule has 2 aliphatic carbocycles. The van der Waals surface area contributed by atoms with Crippen LogP contribution in [0.15, 0.2) is 53.8 Å². The number of amides is 2. The van der Waals surface area contributed by atoms with Crippen LogP contribution in [0.25, 0.3) is 33.5 Å². The van der Waals surface area contributed by atoms with Crippen LogP contribution in [0.4, 0.5) is 15.3 Å². The number of carbonyl (C=O) groups excluding carboxylic acids is 2. The summed E-state index contributed by atoms with van der Waals surface area (Å²) in [7, 11) is 0. The number of H-pyrrole nitrogens is 1. The molecule has 1 N–H and O–H groups in total. The van der Waals surface area contributed by atoms with E-state index in [1.165, 1.54) is 0 Å². The molecular formula is C39H43N7O4. The van der Waals surface area contributed by atoms with E-state index in [1.54, 1.807) is 0 Å². The second-order valence-corrected chi connectivity index (χ2v) is 16.7. The molecule has 5 heterocycles. The van der Waals surface area contributed by atoms with E-state index in [4.69, 9.17) is 29.4 Å². The van der Waals surface area contributed by atoms with Crippen molar-refractivity contribution >= 4 is 34.6 Å². The minimum atomic E-state index is -0.546. The van der Waals surface area contributed by atoms with Gasteiger partial charge in [-0.05, 0) is 109 Å². The monoisotopic (exact) mass is 673 g/mol. The van der Waals surface area contributed by atoms with Crippen LogP contribution in [0, 0.1) is 11.8 Å². The van der Waals surface area contributed by atoms with Gasteiger partial charge in [-0.15, -0.1) is 0 Å². The van der Waals surface area contributed by atoms with Crippen LogP contribution in [0.3, 0.4) is 0 Å². The molecule has 6 atom stereocenters. The highest BCUT2D eigenvalue weighted by molar-refractivity contribution is 6.00. The number of carbonyl (C=O) groups is 2. The van der Waals surface area contributed by atoms with Crippen molar-refractivity contribution in [2.75, 3.05) is 0 Å². The standard InChI is InChI=1S/C39H43N7O4/c1-38(2,3)49-36(47)45-31-14-23(31)16-33(45)28-13-22-11-20(7-9-25(22)42-28)29-18-40-27-12-21(8-10-26(27)43-29)30-19-41-35(44-30)34-17-24-15-32(24)46(34)37(48)50-39(4,5)6/h7-12,18-19,23-24,31-34H,13-17H2,1-6H3,(H,41,44)/t23-,24-,31-,32-,33+,34+/m1/s1. The van der Waals surface area contributed by atoms with E-state index >= 15 is 0 Å². The van der Waals surface area contributed by atoms with Crippen molar-refractivity contribution in [1.29, 1.82) is 0 Å². The molecule has 2 saturated heterocycles. The second kappa shape index (κ2) is 10.8. The smallest absolute Gasteiger partial charge is 0.411 e. The van der Waals surface area contributed by atoms with Crippen LogP contribution in [0.2, 0.25) is 0 Å². The van der Waals surface area contributed by atoms with Gasteiger partial charge in [0.2, 0.25) is 0 Å². The average molecular weight is 674 g/mol. The van der Waals surface area contributed by atoms with Gasteiger partial charge >= 0.3 is 12.2 Å². The molecule has 3 aliphatic heterocycles. The molecule has 50 heavy (non-hydrogen) atoms. The van der Waals surface area contributed by atoms with Gasteiger partial charge in [0.15, 0.2) is 0 Å². The van der Waals surface area contributed by atoms with Crippen molar-refractivity contribution in [3.63, 3.8) is 0 Å². The summed E-state index contributed by atoms with van der Waals surface area (Å²) in [4.78, 5) is 53.0. The van der Waals surface area contributed by atoms with Gasteiger partial charge in [-0.1, -0.05) is 12.1 Å². The largest absolute Gasteiger partial charge is 0.444 e. The van der Waals surface area contributed by atoms with E-state index in [9.17, 15) is 9.59 Å². The zero-order valence-electron chi connectivity index (χ0n) is 29.4. The Labute approximate surface area is 291 Å². The van der Waals surface area contributed by atoms with Crippen LogP contribution in [-0.4, -0.2) is 77.0 Å². The molecule has 9 rings (SSSR count).